The summed E-state index contributed by atoms with van der Waals surface area (Å²) in [5.74, 6) is -1.20. The molecule has 0 aliphatic carbocycles. The van der Waals surface area contributed by atoms with E-state index in [0.717, 1.165) is 10.5 Å². The summed E-state index contributed by atoms with van der Waals surface area (Å²) in [4.78, 5) is 41.6. The molecule has 1 aromatic carbocycles. The molecule has 26 heavy (non-hydrogen) atoms. The van der Waals surface area contributed by atoms with Crippen LogP contribution in [-0.4, -0.2) is 49.2 Å². The van der Waals surface area contributed by atoms with Gasteiger partial charge in [-0.1, -0.05) is 6.08 Å². The number of benzene rings is 1. The number of hydrogen-bond acceptors (Lipinski definition) is 6. The van der Waals surface area contributed by atoms with Crippen molar-refractivity contribution in [1.82, 2.24) is 10.2 Å². The molecule has 0 aromatic heterocycles. The fraction of sp³-hybridized carbons (Fsp3) is 0.333. The number of amides is 4. The Bertz CT molecular complexity index is 750. The number of nitrogens with zero attached hydrogens (tertiary/aromatic N) is 2. The van der Waals surface area contributed by atoms with Gasteiger partial charge in [-0.3, -0.25) is 24.8 Å². The molecule has 1 fully saturated rings. The summed E-state index contributed by atoms with van der Waals surface area (Å²) in [6.07, 6.45) is 1.42. The summed E-state index contributed by atoms with van der Waals surface area (Å²) >= 11 is 0. The smallest absolute Gasteiger partial charge is 0.331 e. The third kappa shape index (κ3) is 4.08. The predicted octanol–water partition coefficient (Wildman–Crippen LogP) is 1.55. The van der Waals surface area contributed by atoms with Crippen LogP contribution in [0.15, 0.2) is 35.8 Å². The zero-order valence-electron chi connectivity index (χ0n) is 14.9. The number of urea groups is 1. The number of carbonyl (C=O) groups excluding carboxylic acids is 3. The van der Waals surface area contributed by atoms with Gasteiger partial charge in [0.2, 0.25) is 11.8 Å². The maximum atomic E-state index is 12.5. The second-order valence-corrected chi connectivity index (χ2v) is 5.64. The van der Waals surface area contributed by atoms with Crippen LogP contribution in [0.4, 0.5) is 4.79 Å². The van der Waals surface area contributed by atoms with E-state index in [1.807, 2.05) is 0 Å². The van der Waals surface area contributed by atoms with E-state index in [1.165, 1.54) is 6.08 Å². The van der Waals surface area contributed by atoms with E-state index in [9.17, 15) is 14.4 Å². The molecule has 1 aromatic rings. The minimum absolute atomic E-state index is 0.0226. The van der Waals surface area contributed by atoms with Gasteiger partial charge in [0.05, 0.1) is 20.8 Å². The van der Waals surface area contributed by atoms with Crippen LogP contribution in [0.3, 0.4) is 0 Å². The third-order valence-corrected chi connectivity index (χ3v) is 3.90. The van der Waals surface area contributed by atoms with Crippen molar-refractivity contribution < 1.29 is 23.9 Å². The maximum absolute atomic E-state index is 12.5. The predicted molar refractivity (Wildman–Crippen MR) is 95.3 cm³/mol. The molecule has 138 valence electrons. The van der Waals surface area contributed by atoms with Gasteiger partial charge in [0, 0.05) is 18.3 Å². The topological polar surface area (TPSA) is 97.3 Å². The lowest BCUT2D eigenvalue weighted by atomic mass is 9.99. The minimum atomic E-state index is -1.14. The van der Waals surface area contributed by atoms with Crippen molar-refractivity contribution in [2.75, 3.05) is 20.8 Å². The van der Waals surface area contributed by atoms with E-state index in [2.05, 4.69) is 16.9 Å². The first-order valence-electron chi connectivity index (χ1n) is 7.91. The lowest BCUT2D eigenvalue weighted by Gasteiger charge is -2.29. The van der Waals surface area contributed by atoms with E-state index in [0.29, 0.717) is 17.2 Å². The molecule has 1 aliphatic heterocycles. The number of aliphatic imine (C=N–C) groups is 1. The number of methoxy groups -OCH3 is 2. The second kappa shape index (κ2) is 8.28. The molecule has 0 saturated carbocycles. The molecule has 1 heterocycles. The zero-order chi connectivity index (χ0) is 19.3. The van der Waals surface area contributed by atoms with Gasteiger partial charge in [0.1, 0.15) is 11.5 Å². The van der Waals surface area contributed by atoms with E-state index >= 15 is 0 Å². The summed E-state index contributed by atoms with van der Waals surface area (Å²) < 4.78 is 10.4. The van der Waals surface area contributed by atoms with Crippen molar-refractivity contribution in [2.45, 2.75) is 13.5 Å². The molecule has 8 nitrogen and oxygen atoms in total. The molecule has 1 saturated heterocycles. The van der Waals surface area contributed by atoms with Gasteiger partial charge < -0.3 is 9.47 Å². The van der Waals surface area contributed by atoms with Crippen LogP contribution in [0.25, 0.3) is 0 Å². The molecule has 1 N–H and O–H groups in total. The van der Waals surface area contributed by atoms with E-state index in [1.54, 1.807) is 39.3 Å². The highest BCUT2D eigenvalue weighted by atomic mass is 16.5. The average Bonchev–Trinajstić information content (AvgIpc) is 2.62. The summed E-state index contributed by atoms with van der Waals surface area (Å²) in [5, 5.41) is 2.17. The highest BCUT2D eigenvalue weighted by Gasteiger charge is 2.41. The number of carbonyl (C=O) groups is 3. The lowest BCUT2D eigenvalue weighted by molar-refractivity contribution is -0.139. The molecular weight excluding hydrogens is 338 g/mol. The Labute approximate surface area is 151 Å². The van der Waals surface area contributed by atoms with Crippen molar-refractivity contribution in [3.05, 3.63) is 36.4 Å². The second-order valence-electron chi connectivity index (χ2n) is 5.64. The molecule has 2 rings (SSSR count). The van der Waals surface area contributed by atoms with E-state index in [-0.39, 0.29) is 13.1 Å². The number of rotatable bonds is 7. The van der Waals surface area contributed by atoms with E-state index < -0.39 is 23.8 Å². The zero-order valence-corrected chi connectivity index (χ0v) is 14.9. The number of imide groups is 2. The Morgan fingerprint density at radius 2 is 1.85 bits per heavy atom. The SMILES string of the molecule is C=CCN1C(=O)NC(=O)C(C(C)=NCc2cc(OC)cc(OC)c2)C1=O. The van der Waals surface area contributed by atoms with Gasteiger partial charge in [-0.2, -0.15) is 0 Å². The third-order valence-electron chi connectivity index (χ3n) is 3.90. The van der Waals surface area contributed by atoms with Crippen molar-refractivity contribution in [3.8, 4) is 11.5 Å². The number of barbiturate groups is 1. The van der Waals surface area contributed by atoms with Crippen molar-refractivity contribution in [3.63, 3.8) is 0 Å². The van der Waals surface area contributed by atoms with E-state index in [4.69, 9.17) is 9.47 Å². The molecule has 0 bridgehead atoms. The molecule has 0 radical (unpaired) electrons. The van der Waals surface area contributed by atoms with Gasteiger partial charge >= 0.3 is 6.03 Å². The molecule has 8 heteroatoms. The van der Waals surface area contributed by atoms with Gasteiger partial charge in [-0.15, -0.1) is 6.58 Å². The molecule has 4 amide bonds. The molecule has 1 atom stereocenters. The Kier molecular flexibility index (Phi) is 6.11. The number of ether oxygens (including phenoxy) is 2. The first-order valence-corrected chi connectivity index (χ1v) is 7.91. The maximum Gasteiger partial charge on any atom is 0.331 e. The Morgan fingerprint density at radius 3 is 2.38 bits per heavy atom. The Morgan fingerprint density at radius 1 is 1.23 bits per heavy atom. The van der Waals surface area contributed by atoms with Crippen LogP contribution >= 0.6 is 0 Å². The van der Waals surface area contributed by atoms with Crippen molar-refractivity contribution in [1.29, 1.82) is 0 Å². The van der Waals surface area contributed by atoms with Crippen LogP contribution in [0.1, 0.15) is 12.5 Å². The fourth-order valence-electron chi connectivity index (χ4n) is 2.55. The van der Waals surface area contributed by atoms with Crippen LogP contribution in [0, 0.1) is 5.92 Å². The van der Waals surface area contributed by atoms with Gasteiger partial charge in [-0.05, 0) is 24.6 Å². The van der Waals surface area contributed by atoms with Gasteiger partial charge in [-0.25, -0.2) is 4.79 Å². The van der Waals surface area contributed by atoms with Crippen LogP contribution in [-0.2, 0) is 16.1 Å². The summed E-state index contributed by atoms with van der Waals surface area (Å²) in [6.45, 7) is 5.34. The summed E-state index contributed by atoms with van der Waals surface area (Å²) in [5.41, 5.74) is 1.11. The Balaban J connectivity index is 2.22. The molecular formula is C18H21N3O5. The standard InChI is InChI=1S/C18H21N3O5/c1-5-6-21-17(23)15(16(22)20-18(21)24)11(2)19-10-12-7-13(25-3)9-14(8-12)26-4/h5,7-9,15H,1,6,10H2,2-4H3,(H,20,22,24). The van der Waals surface area contributed by atoms with Gasteiger partial charge in [0.25, 0.3) is 0 Å². The van der Waals surface area contributed by atoms with Crippen molar-refractivity contribution in [2.24, 2.45) is 10.9 Å². The van der Waals surface area contributed by atoms with Crippen LogP contribution < -0.4 is 14.8 Å². The first-order chi connectivity index (χ1) is 12.4. The largest absolute Gasteiger partial charge is 0.497 e. The quantitative estimate of drug-likeness (QED) is 0.452. The average molecular weight is 359 g/mol. The monoisotopic (exact) mass is 359 g/mol. The number of hydrogen-bond donors (Lipinski definition) is 1. The number of nitrogens with one attached hydrogen (secondary N) is 1. The normalized spacial score (nSPS) is 17.8. The van der Waals surface area contributed by atoms with Gasteiger partial charge in [0.15, 0.2) is 5.92 Å². The molecule has 1 aliphatic rings. The van der Waals surface area contributed by atoms with Crippen molar-refractivity contribution >= 4 is 23.6 Å². The highest BCUT2D eigenvalue weighted by Crippen LogP contribution is 2.23. The fourth-order valence-corrected chi connectivity index (χ4v) is 2.55. The summed E-state index contributed by atoms with van der Waals surface area (Å²) in [6, 6.07) is 4.56. The summed E-state index contributed by atoms with van der Waals surface area (Å²) in [7, 11) is 3.09. The van der Waals surface area contributed by atoms with Crippen LogP contribution in [0.2, 0.25) is 0 Å². The molecule has 0 spiro atoms. The minimum Gasteiger partial charge on any atom is -0.497 e. The highest BCUT2D eigenvalue weighted by molar-refractivity contribution is 6.27. The van der Waals surface area contributed by atoms with Crippen LogP contribution in [0.5, 0.6) is 11.5 Å². The Hall–Kier alpha value is -3.16. The lowest BCUT2D eigenvalue weighted by Crippen LogP contribution is -2.59. The molecule has 1 unspecified atom stereocenters. The first kappa shape index (κ1) is 19.2.